The number of benzene rings is 2. The topological polar surface area (TPSA) is 56.9 Å². The molecule has 0 radical (unpaired) electrons. The van der Waals surface area contributed by atoms with Gasteiger partial charge in [0, 0.05) is 10.0 Å². The average molecular weight is 437 g/mol. The molecule has 0 aliphatic heterocycles. The standard InChI is InChI=1S/C22H17BrN2OS/c1-14-12-20(16-8-10-18(23)11-9-16)25-22(19(14)13-24)27-21(15(2)26)17-6-4-3-5-7-17/h3-12,21,26H,2H2,1H3. The normalized spacial score (nSPS) is 11.6. The zero-order chi connectivity index (χ0) is 19.4. The molecule has 1 N–H and O–H groups in total. The number of halogens is 1. The van der Waals surface area contributed by atoms with E-state index in [1.165, 1.54) is 11.8 Å². The first-order chi connectivity index (χ1) is 13.0. The molecule has 2 aromatic carbocycles. The zero-order valence-corrected chi connectivity index (χ0v) is 17.1. The van der Waals surface area contributed by atoms with Crippen LogP contribution in [0.15, 0.2) is 82.5 Å². The molecule has 0 fully saturated rings. The Labute approximate surface area is 171 Å². The lowest BCUT2D eigenvalue weighted by atomic mass is 10.1. The number of hydrogen-bond acceptors (Lipinski definition) is 4. The number of aromatic nitrogens is 1. The van der Waals surface area contributed by atoms with Crippen LogP contribution in [0.2, 0.25) is 0 Å². The van der Waals surface area contributed by atoms with E-state index >= 15 is 0 Å². The van der Waals surface area contributed by atoms with Crippen molar-refractivity contribution in [1.82, 2.24) is 4.98 Å². The van der Waals surface area contributed by atoms with Crippen LogP contribution in [0, 0.1) is 18.3 Å². The van der Waals surface area contributed by atoms with Gasteiger partial charge in [-0.2, -0.15) is 5.26 Å². The van der Waals surface area contributed by atoms with E-state index in [0.717, 1.165) is 26.9 Å². The Kier molecular flexibility index (Phi) is 6.00. The van der Waals surface area contributed by atoms with Crippen molar-refractivity contribution in [3.8, 4) is 17.3 Å². The van der Waals surface area contributed by atoms with E-state index in [1.54, 1.807) is 0 Å². The first-order valence-corrected chi connectivity index (χ1v) is 9.94. The number of thioether (sulfide) groups is 1. The minimum Gasteiger partial charge on any atom is -0.511 e. The van der Waals surface area contributed by atoms with Gasteiger partial charge in [0.15, 0.2) is 0 Å². The average Bonchev–Trinajstić information content (AvgIpc) is 2.66. The van der Waals surface area contributed by atoms with E-state index in [9.17, 15) is 10.4 Å². The molecule has 0 saturated carbocycles. The van der Waals surface area contributed by atoms with Gasteiger partial charge in [-0.1, -0.05) is 76.7 Å². The number of hydrogen-bond donors (Lipinski definition) is 1. The Balaban J connectivity index is 2.06. The summed E-state index contributed by atoms with van der Waals surface area (Å²) in [5, 5.41) is 20.0. The highest BCUT2D eigenvalue weighted by Crippen LogP contribution is 2.41. The van der Waals surface area contributed by atoms with E-state index in [-0.39, 0.29) is 5.76 Å². The van der Waals surface area contributed by atoms with Crippen LogP contribution in [-0.4, -0.2) is 10.1 Å². The molecule has 1 unspecified atom stereocenters. The second-order valence-corrected chi connectivity index (χ2v) is 8.03. The summed E-state index contributed by atoms with van der Waals surface area (Å²) in [6.07, 6.45) is 0. The molecule has 1 heterocycles. The van der Waals surface area contributed by atoms with Crippen LogP contribution in [0.25, 0.3) is 11.3 Å². The lowest BCUT2D eigenvalue weighted by Crippen LogP contribution is -2.01. The second-order valence-electron chi connectivity index (χ2n) is 6.02. The number of nitriles is 1. The van der Waals surface area contributed by atoms with Crippen molar-refractivity contribution in [3.05, 3.63) is 94.2 Å². The van der Waals surface area contributed by atoms with Gasteiger partial charge in [0.05, 0.1) is 16.5 Å². The van der Waals surface area contributed by atoms with Crippen LogP contribution in [0.1, 0.15) is 21.9 Å². The summed E-state index contributed by atoms with van der Waals surface area (Å²) in [5.41, 5.74) is 4.03. The third kappa shape index (κ3) is 4.41. The summed E-state index contributed by atoms with van der Waals surface area (Å²) in [6.45, 7) is 5.62. The van der Waals surface area contributed by atoms with Crippen LogP contribution in [0.5, 0.6) is 0 Å². The predicted molar refractivity (Wildman–Crippen MR) is 114 cm³/mol. The Morgan fingerprint density at radius 1 is 1.19 bits per heavy atom. The summed E-state index contributed by atoms with van der Waals surface area (Å²) < 4.78 is 0.993. The monoisotopic (exact) mass is 436 g/mol. The molecular weight excluding hydrogens is 420 g/mol. The molecule has 0 amide bonds. The van der Waals surface area contributed by atoms with Crippen LogP contribution >= 0.6 is 27.7 Å². The number of aliphatic hydroxyl groups is 1. The van der Waals surface area contributed by atoms with Crippen molar-refractivity contribution in [2.75, 3.05) is 0 Å². The quantitative estimate of drug-likeness (QED) is 0.361. The summed E-state index contributed by atoms with van der Waals surface area (Å²) >= 11 is 4.77. The smallest absolute Gasteiger partial charge is 0.116 e. The molecule has 27 heavy (non-hydrogen) atoms. The van der Waals surface area contributed by atoms with Gasteiger partial charge >= 0.3 is 0 Å². The minimum atomic E-state index is -0.398. The fourth-order valence-electron chi connectivity index (χ4n) is 2.70. The van der Waals surface area contributed by atoms with E-state index < -0.39 is 5.25 Å². The van der Waals surface area contributed by atoms with Crippen molar-refractivity contribution in [2.45, 2.75) is 17.2 Å². The molecule has 0 aliphatic carbocycles. The first kappa shape index (κ1) is 19.2. The van der Waals surface area contributed by atoms with Crippen LogP contribution in [0.4, 0.5) is 0 Å². The maximum atomic E-state index is 10.1. The fourth-order valence-corrected chi connectivity index (χ4v) is 4.09. The van der Waals surface area contributed by atoms with Crippen molar-refractivity contribution >= 4 is 27.7 Å². The molecule has 3 rings (SSSR count). The molecule has 134 valence electrons. The van der Waals surface area contributed by atoms with Crippen molar-refractivity contribution in [3.63, 3.8) is 0 Å². The predicted octanol–water partition coefficient (Wildman–Crippen LogP) is 6.60. The third-order valence-electron chi connectivity index (χ3n) is 4.07. The Hall–Kier alpha value is -2.55. The number of pyridine rings is 1. The molecule has 0 bridgehead atoms. The Bertz CT molecular complexity index is 1010. The number of nitrogens with zero attached hydrogens (tertiary/aromatic N) is 2. The number of rotatable bonds is 5. The van der Waals surface area contributed by atoms with Gasteiger partial charge < -0.3 is 5.11 Å². The molecule has 1 atom stereocenters. The molecule has 3 aromatic rings. The van der Waals surface area contributed by atoms with Crippen molar-refractivity contribution in [1.29, 1.82) is 5.26 Å². The largest absolute Gasteiger partial charge is 0.511 e. The highest BCUT2D eigenvalue weighted by atomic mass is 79.9. The van der Waals surface area contributed by atoms with Gasteiger partial charge in [0.2, 0.25) is 0 Å². The summed E-state index contributed by atoms with van der Waals surface area (Å²) in [4.78, 5) is 4.72. The summed E-state index contributed by atoms with van der Waals surface area (Å²) in [7, 11) is 0. The van der Waals surface area contributed by atoms with E-state index in [1.807, 2.05) is 67.6 Å². The van der Waals surface area contributed by atoms with Crippen LogP contribution < -0.4 is 0 Å². The summed E-state index contributed by atoms with van der Waals surface area (Å²) in [6, 6.07) is 21.6. The van der Waals surface area contributed by atoms with E-state index in [4.69, 9.17) is 4.98 Å². The number of aliphatic hydroxyl groups excluding tert-OH is 1. The van der Waals surface area contributed by atoms with Gasteiger partial charge in [-0.15, -0.1) is 0 Å². The lowest BCUT2D eigenvalue weighted by molar-refractivity contribution is 0.398. The van der Waals surface area contributed by atoms with Crippen molar-refractivity contribution in [2.24, 2.45) is 0 Å². The van der Waals surface area contributed by atoms with Gasteiger partial charge in [-0.3, -0.25) is 0 Å². The maximum Gasteiger partial charge on any atom is 0.116 e. The summed E-state index contributed by atoms with van der Waals surface area (Å²) in [5.74, 6) is 0.0311. The molecular formula is C22H17BrN2OS. The first-order valence-electron chi connectivity index (χ1n) is 8.26. The number of aryl methyl sites for hydroxylation is 1. The van der Waals surface area contributed by atoms with Crippen LogP contribution in [0.3, 0.4) is 0 Å². The Morgan fingerprint density at radius 3 is 2.44 bits per heavy atom. The fraction of sp³-hybridized carbons (Fsp3) is 0.0909. The third-order valence-corrected chi connectivity index (χ3v) is 5.90. The van der Waals surface area contributed by atoms with Gasteiger partial charge in [-0.05, 0) is 36.2 Å². The van der Waals surface area contributed by atoms with Crippen molar-refractivity contribution < 1.29 is 5.11 Å². The maximum absolute atomic E-state index is 10.1. The molecule has 0 spiro atoms. The van der Waals surface area contributed by atoms with Gasteiger partial charge in [0.25, 0.3) is 0 Å². The molecule has 5 heteroatoms. The van der Waals surface area contributed by atoms with Gasteiger partial charge in [0.1, 0.15) is 16.9 Å². The minimum absolute atomic E-state index is 0.0311. The highest BCUT2D eigenvalue weighted by Gasteiger charge is 2.21. The zero-order valence-electron chi connectivity index (χ0n) is 14.7. The lowest BCUT2D eigenvalue weighted by Gasteiger charge is -2.17. The van der Waals surface area contributed by atoms with Gasteiger partial charge in [-0.25, -0.2) is 4.98 Å². The molecule has 0 saturated heterocycles. The second kappa shape index (κ2) is 8.43. The van der Waals surface area contributed by atoms with E-state index in [2.05, 4.69) is 28.6 Å². The van der Waals surface area contributed by atoms with E-state index in [0.29, 0.717) is 10.6 Å². The molecule has 3 nitrogen and oxygen atoms in total. The molecule has 0 aliphatic rings. The molecule has 1 aromatic heterocycles. The Morgan fingerprint density at radius 2 is 1.85 bits per heavy atom. The highest BCUT2D eigenvalue weighted by molar-refractivity contribution is 9.10. The SMILES string of the molecule is C=C(O)C(Sc1nc(-c2ccc(Br)cc2)cc(C)c1C#N)c1ccccc1. The van der Waals surface area contributed by atoms with Crippen LogP contribution in [-0.2, 0) is 0 Å².